The predicted molar refractivity (Wildman–Crippen MR) is 37.0 cm³/mol. The fourth-order valence-electron chi connectivity index (χ4n) is 1.11. The standard InChI is InChI=1S/C6H8N4/c7-4-2-1-3-5-6(4)9-10-8-5/h1-3,5-6H,7H2,(H,8,9). The highest BCUT2D eigenvalue weighted by Crippen LogP contribution is 2.17. The van der Waals surface area contributed by atoms with Crippen LogP contribution in [0, 0.1) is 0 Å². The van der Waals surface area contributed by atoms with Gasteiger partial charge in [-0.05, 0) is 6.08 Å². The van der Waals surface area contributed by atoms with E-state index in [0.717, 1.165) is 5.70 Å². The maximum absolute atomic E-state index is 5.64. The van der Waals surface area contributed by atoms with Crippen molar-refractivity contribution in [1.29, 1.82) is 0 Å². The molecule has 4 nitrogen and oxygen atoms in total. The first-order valence-electron chi connectivity index (χ1n) is 3.17. The highest BCUT2D eigenvalue weighted by molar-refractivity contribution is 5.27. The Morgan fingerprint density at radius 3 is 3.30 bits per heavy atom. The molecule has 2 atom stereocenters. The van der Waals surface area contributed by atoms with Crippen LogP contribution >= 0.6 is 0 Å². The fraction of sp³-hybridized carbons (Fsp3) is 0.333. The van der Waals surface area contributed by atoms with Gasteiger partial charge in [0, 0.05) is 5.70 Å². The molecule has 1 aliphatic carbocycles. The van der Waals surface area contributed by atoms with Crippen molar-refractivity contribution in [3.63, 3.8) is 0 Å². The van der Waals surface area contributed by atoms with Crippen molar-refractivity contribution in [2.24, 2.45) is 16.1 Å². The number of nitrogens with zero attached hydrogens (tertiary/aromatic N) is 2. The number of hydrogen-bond donors (Lipinski definition) is 2. The Morgan fingerprint density at radius 2 is 2.50 bits per heavy atom. The zero-order valence-electron chi connectivity index (χ0n) is 5.36. The Kier molecular flexibility index (Phi) is 1.00. The molecule has 0 radical (unpaired) electrons. The van der Waals surface area contributed by atoms with E-state index < -0.39 is 0 Å². The minimum absolute atomic E-state index is 0.0324. The Hall–Kier alpha value is -1.32. The summed E-state index contributed by atoms with van der Waals surface area (Å²) in [4.78, 5) is 0. The molecule has 2 rings (SSSR count). The highest BCUT2D eigenvalue weighted by Gasteiger charge is 2.26. The van der Waals surface area contributed by atoms with Crippen LogP contribution in [0.25, 0.3) is 0 Å². The lowest BCUT2D eigenvalue weighted by Crippen LogP contribution is -2.33. The van der Waals surface area contributed by atoms with Crippen LogP contribution in [0.3, 0.4) is 0 Å². The van der Waals surface area contributed by atoms with Crippen molar-refractivity contribution in [1.82, 2.24) is 5.43 Å². The molecule has 0 aromatic carbocycles. The molecule has 1 heterocycles. The Morgan fingerprint density at radius 1 is 1.60 bits per heavy atom. The van der Waals surface area contributed by atoms with Gasteiger partial charge in [-0.25, -0.2) is 0 Å². The number of fused-ring (bicyclic) bond motifs is 1. The van der Waals surface area contributed by atoms with E-state index in [1.54, 1.807) is 0 Å². The van der Waals surface area contributed by atoms with E-state index in [1.807, 2.05) is 18.2 Å². The smallest absolute Gasteiger partial charge is 0.137 e. The minimum Gasteiger partial charge on any atom is -0.400 e. The second kappa shape index (κ2) is 1.83. The van der Waals surface area contributed by atoms with Crippen LogP contribution in [-0.4, -0.2) is 12.1 Å². The van der Waals surface area contributed by atoms with Crippen molar-refractivity contribution < 1.29 is 0 Å². The van der Waals surface area contributed by atoms with Crippen molar-refractivity contribution in [3.05, 3.63) is 23.9 Å². The molecule has 0 aromatic rings. The summed E-state index contributed by atoms with van der Waals surface area (Å²) in [6, 6.07) is 0.218. The lowest BCUT2D eigenvalue weighted by atomic mass is 10.0. The first kappa shape index (κ1) is 5.46. The zero-order chi connectivity index (χ0) is 6.97. The first-order valence-corrected chi connectivity index (χ1v) is 3.17. The molecule has 0 spiro atoms. The number of allylic oxidation sites excluding steroid dienone is 2. The van der Waals surface area contributed by atoms with Gasteiger partial charge in [0.25, 0.3) is 0 Å². The third-order valence-electron chi connectivity index (χ3n) is 1.68. The summed E-state index contributed by atoms with van der Waals surface area (Å²) in [5.74, 6) is 0. The van der Waals surface area contributed by atoms with Gasteiger partial charge in [-0.3, -0.25) is 5.43 Å². The topological polar surface area (TPSA) is 62.8 Å². The minimum atomic E-state index is 0.0324. The molecule has 0 saturated carbocycles. The molecule has 0 aromatic heterocycles. The second-order valence-corrected chi connectivity index (χ2v) is 2.37. The van der Waals surface area contributed by atoms with Crippen molar-refractivity contribution in [3.8, 4) is 0 Å². The van der Waals surface area contributed by atoms with Crippen LogP contribution in [0.4, 0.5) is 0 Å². The Labute approximate surface area is 58.5 Å². The molecule has 0 amide bonds. The van der Waals surface area contributed by atoms with Crippen LogP contribution < -0.4 is 11.2 Å². The molecule has 4 heteroatoms. The van der Waals surface area contributed by atoms with Crippen LogP contribution in [0.2, 0.25) is 0 Å². The lowest BCUT2D eigenvalue weighted by molar-refractivity contribution is 0.635. The van der Waals surface area contributed by atoms with Crippen LogP contribution in [0.5, 0.6) is 0 Å². The third-order valence-corrected chi connectivity index (χ3v) is 1.68. The van der Waals surface area contributed by atoms with E-state index in [4.69, 9.17) is 5.73 Å². The van der Waals surface area contributed by atoms with Gasteiger partial charge in [0.2, 0.25) is 0 Å². The largest absolute Gasteiger partial charge is 0.400 e. The maximum Gasteiger partial charge on any atom is 0.137 e. The monoisotopic (exact) mass is 136 g/mol. The summed E-state index contributed by atoms with van der Waals surface area (Å²) in [5, 5.41) is 7.59. The average Bonchev–Trinajstić information content (AvgIpc) is 2.36. The summed E-state index contributed by atoms with van der Waals surface area (Å²) < 4.78 is 0. The maximum atomic E-state index is 5.64. The average molecular weight is 136 g/mol. The Balaban J connectivity index is 2.30. The van der Waals surface area contributed by atoms with E-state index >= 15 is 0 Å². The van der Waals surface area contributed by atoms with Gasteiger partial charge in [0.05, 0.1) is 6.04 Å². The van der Waals surface area contributed by atoms with E-state index in [9.17, 15) is 0 Å². The first-order chi connectivity index (χ1) is 4.88. The highest BCUT2D eigenvalue weighted by atomic mass is 15.5. The molecule has 3 N–H and O–H groups in total. The number of nitrogens with two attached hydrogens (primary N) is 1. The predicted octanol–water partition coefficient (Wildman–Crippen LogP) is 0.106. The summed E-state index contributed by atoms with van der Waals surface area (Å²) in [6.45, 7) is 0. The molecule has 2 unspecified atom stereocenters. The van der Waals surface area contributed by atoms with Gasteiger partial charge in [0.15, 0.2) is 0 Å². The summed E-state index contributed by atoms with van der Waals surface area (Å²) in [6.07, 6.45) is 5.77. The quantitative estimate of drug-likeness (QED) is 0.496. The molecular weight excluding hydrogens is 128 g/mol. The van der Waals surface area contributed by atoms with Gasteiger partial charge >= 0.3 is 0 Å². The lowest BCUT2D eigenvalue weighted by Gasteiger charge is -2.15. The molecule has 0 bridgehead atoms. The van der Waals surface area contributed by atoms with Crippen molar-refractivity contribution in [2.45, 2.75) is 12.1 Å². The summed E-state index contributed by atoms with van der Waals surface area (Å²) in [7, 11) is 0. The van der Waals surface area contributed by atoms with E-state index in [2.05, 4.69) is 15.8 Å². The van der Waals surface area contributed by atoms with E-state index in [1.165, 1.54) is 0 Å². The Bertz CT molecular complexity index is 228. The molecule has 0 fully saturated rings. The van der Waals surface area contributed by atoms with E-state index in [0.29, 0.717) is 0 Å². The number of nitrogens with one attached hydrogen (secondary N) is 1. The van der Waals surface area contributed by atoms with Gasteiger partial charge in [-0.1, -0.05) is 17.4 Å². The van der Waals surface area contributed by atoms with Crippen molar-refractivity contribution >= 4 is 0 Å². The van der Waals surface area contributed by atoms with Crippen LogP contribution in [0.1, 0.15) is 0 Å². The molecular formula is C6H8N4. The SMILES string of the molecule is NC1=CC=CC2NN=NC12. The molecule has 1 aliphatic heterocycles. The molecule has 10 heavy (non-hydrogen) atoms. The van der Waals surface area contributed by atoms with Crippen LogP contribution in [0.15, 0.2) is 34.3 Å². The number of rotatable bonds is 0. The molecule has 52 valence electrons. The summed E-state index contributed by atoms with van der Waals surface area (Å²) >= 11 is 0. The summed E-state index contributed by atoms with van der Waals surface area (Å²) in [5.41, 5.74) is 9.25. The van der Waals surface area contributed by atoms with Gasteiger partial charge in [-0.2, -0.15) is 5.11 Å². The van der Waals surface area contributed by atoms with E-state index in [-0.39, 0.29) is 12.1 Å². The van der Waals surface area contributed by atoms with Gasteiger partial charge in [-0.15, -0.1) is 0 Å². The normalized spacial score (nSPS) is 35.0. The second-order valence-electron chi connectivity index (χ2n) is 2.37. The zero-order valence-corrected chi connectivity index (χ0v) is 5.36. The van der Waals surface area contributed by atoms with Gasteiger partial charge in [0.1, 0.15) is 6.04 Å². The number of hydrogen-bond acceptors (Lipinski definition) is 4. The molecule has 2 aliphatic rings. The molecule has 0 saturated heterocycles. The third kappa shape index (κ3) is 0.618. The van der Waals surface area contributed by atoms with Crippen LogP contribution in [-0.2, 0) is 0 Å². The fourth-order valence-corrected chi connectivity index (χ4v) is 1.11. The van der Waals surface area contributed by atoms with Crippen molar-refractivity contribution in [2.75, 3.05) is 0 Å². The van der Waals surface area contributed by atoms with Gasteiger partial charge < -0.3 is 5.73 Å².